The van der Waals surface area contributed by atoms with Crippen LogP contribution >= 0.6 is 12.2 Å². The second kappa shape index (κ2) is 12.0. The first-order valence-electron chi connectivity index (χ1n) is 13.1. The molecule has 11 nitrogen and oxygen atoms in total. The number of aryl methyl sites for hydroxylation is 1. The van der Waals surface area contributed by atoms with Gasteiger partial charge in [0.15, 0.2) is 5.11 Å². The number of aromatic nitrogens is 2. The summed E-state index contributed by atoms with van der Waals surface area (Å²) in [6.45, 7) is 3.82. The second-order valence-corrected chi connectivity index (χ2v) is 10.2. The molecule has 4 aromatic rings. The van der Waals surface area contributed by atoms with E-state index in [1.807, 2.05) is 59.7 Å². The number of methoxy groups -OCH3 is 2. The van der Waals surface area contributed by atoms with Crippen molar-refractivity contribution in [2.45, 2.75) is 25.9 Å². The van der Waals surface area contributed by atoms with E-state index in [4.69, 9.17) is 21.7 Å². The van der Waals surface area contributed by atoms with Crippen LogP contribution < -0.4 is 20.3 Å². The first-order chi connectivity index (χ1) is 20.2. The minimum atomic E-state index is -0.404. The van der Waals surface area contributed by atoms with E-state index >= 15 is 0 Å². The fourth-order valence-electron chi connectivity index (χ4n) is 5.41. The summed E-state index contributed by atoms with van der Waals surface area (Å²) < 4.78 is 12.0. The minimum Gasteiger partial charge on any atom is -0.496 e. The molecule has 0 spiro atoms. The van der Waals surface area contributed by atoms with E-state index in [1.54, 1.807) is 30.5 Å². The van der Waals surface area contributed by atoms with Gasteiger partial charge in [-0.3, -0.25) is 19.9 Å². The van der Waals surface area contributed by atoms with E-state index in [0.29, 0.717) is 22.2 Å². The Morgan fingerprint density at radius 3 is 2.52 bits per heavy atom. The maximum absolute atomic E-state index is 12.1. The van der Waals surface area contributed by atoms with Gasteiger partial charge in [0, 0.05) is 36.1 Å². The molecule has 216 valence electrons. The largest absolute Gasteiger partial charge is 0.496 e. The number of carbonyl (C=O) groups excluding carboxylic acids is 1. The van der Waals surface area contributed by atoms with Gasteiger partial charge in [0.25, 0.3) is 5.69 Å². The van der Waals surface area contributed by atoms with Crippen molar-refractivity contribution in [3.8, 4) is 11.4 Å². The summed E-state index contributed by atoms with van der Waals surface area (Å²) in [4.78, 5) is 30.3. The van der Waals surface area contributed by atoms with Crippen molar-refractivity contribution >= 4 is 40.3 Å². The van der Waals surface area contributed by atoms with Crippen LogP contribution in [0.2, 0.25) is 0 Å². The van der Waals surface area contributed by atoms with Crippen LogP contribution in [0.1, 0.15) is 34.7 Å². The molecule has 1 fully saturated rings. The Hall–Kier alpha value is -4.81. The van der Waals surface area contributed by atoms with E-state index in [1.165, 1.54) is 20.3 Å². The molecule has 3 heterocycles. The number of amides is 1. The molecule has 0 bridgehead atoms. The Labute approximate surface area is 248 Å². The minimum absolute atomic E-state index is 0.0440. The number of nitro benzene ring substituents is 1. The number of rotatable bonds is 9. The van der Waals surface area contributed by atoms with Crippen LogP contribution in [-0.2, 0) is 9.53 Å². The monoisotopic (exact) mass is 586 g/mol. The number of anilines is 2. The van der Waals surface area contributed by atoms with E-state index in [-0.39, 0.29) is 30.3 Å². The molecule has 0 aliphatic carbocycles. The lowest BCUT2D eigenvalue weighted by Crippen LogP contribution is -2.29. The lowest BCUT2D eigenvalue weighted by molar-refractivity contribution is -0.384. The van der Waals surface area contributed by atoms with Gasteiger partial charge in [-0.2, -0.15) is 0 Å². The van der Waals surface area contributed by atoms with Crippen molar-refractivity contribution in [2.75, 3.05) is 31.0 Å². The highest BCUT2D eigenvalue weighted by molar-refractivity contribution is 7.80. The summed E-state index contributed by atoms with van der Waals surface area (Å²) in [5.41, 5.74) is 5.19. The number of ether oxygens (including phenoxy) is 2. The molecule has 1 aliphatic rings. The predicted octanol–water partition coefficient (Wildman–Crippen LogP) is 5.17. The van der Waals surface area contributed by atoms with Gasteiger partial charge >= 0.3 is 0 Å². The van der Waals surface area contributed by atoms with Crippen LogP contribution in [0.15, 0.2) is 72.9 Å². The van der Waals surface area contributed by atoms with Gasteiger partial charge in [-0.15, -0.1) is 0 Å². The van der Waals surface area contributed by atoms with Gasteiger partial charge in [-0.25, -0.2) is 0 Å². The highest BCUT2D eigenvalue weighted by Crippen LogP contribution is 2.44. The van der Waals surface area contributed by atoms with Crippen molar-refractivity contribution in [3.05, 3.63) is 106 Å². The van der Waals surface area contributed by atoms with Gasteiger partial charge in [-0.1, -0.05) is 6.07 Å². The van der Waals surface area contributed by atoms with Gasteiger partial charge in [0.1, 0.15) is 18.0 Å². The molecule has 1 amide bonds. The van der Waals surface area contributed by atoms with Crippen molar-refractivity contribution < 1.29 is 19.2 Å². The third-order valence-electron chi connectivity index (χ3n) is 7.21. The predicted molar refractivity (Wildman–Crippen MR) is 163 cm³/mol. The Morgan fingerprint density at radius 2 is 1.88 bits per heavy atom. The number of nitro groups is 1. The van der Waals surface area contributed by atoms with Crippen LogP contribution in [0.5, 0.6) is 5.75 Å². The Kier molecular flexibility index (Phi) is 8.18. The third kappa shape index (κ3) is 5.41. The number of pyridine rings is 1. The van der Waals surface area contributed by atoms with Gasteiger partial charge in [0.05, 0.1) is 35.9 Å². The number of hydrogen-bond donors (Lipinski definition) is 2. The van der Waals surface area contributed by atoms with Crippen LogP contribution in [-0.4, -0.2) is 46.3 Å². The van der Waals surface area contributed by atoms with Crippen molar-refractivity contribution in [2.24, 2.45) is 0 Å². The van der Waals surface area contributed by atoms with Crippen LogP contribution in [0.25, 0.3) is 5.69 Å². The van der Waals surface area contributed by atoms with Crippen LogP contribution in [0.3, 0.4) is 0 Å². The second-order valence-electron chi connectivity index (χ2n) is 9.80. The molecule has 2 atom stereocenters. The SMILES string of the molecule is COCC(=O)Nc1ccc(N2C(=S)N[C@@H](c3ccccn3)[C@H]2c2cc(C)n(-c3ccc(OC)cc3[N+](=O)[O-])c2C)cc1. The highest BCUT2D eigenvalue weighted by Gasteiger charge is 2.42. The summed E-state index contributed by atoms with van der Waals surface area (Å²) in [6.07, 6.45) is 1.74. The first kappa shape index (κ1) is 28.7. The summed E-state index contributed by atoms with van der Waals surface area (Å²) in [5, 5.41) is 18.8. The van der Waals surface area contributed by atoms with E-state index in [9.17, 15) is 14.9 Å². The Balaban J connectivity index is 1.62. The lowest BCUT2D eigenvalue weighted by atomic mass is 9.96. The molecule has 1 aliphatic heterocycles. The molecule has 0 unspecified atom stereocenters. The van der Waals surface area contributed by atoms with Crippen LogP contribution in [0.4, 0.5) is 17.1 Å². The molecule has 0 radical (unpaired) electrons. The molecule has 12 heteroatoms. The lowest BCUT2D eigenvalue weighted by Gasteiger charge is -2.28. The zero-order chi connectivity index (χ0) is 30.0. The molecular formula is C30H30N6O5S. The van der Waals surface area contributed by atoms with Gasteiger partial charge < -0.3 is 29.6 Å². The summed E-state index contributed by atoms with van der Waals surface area (Å²) >= 11 is 5.86. The van der Waals surface area contributed by atoms with E-state index in [0.717, 1.165) is 28.3 Å². The topological polar surface area (TPSA) is 124 Å². The number of nitrogens with zero attached hydrogens (tertiary/aromatic N) is 4. The number of thiocarbonyl (C=S) groups is 1. The van der Waals surface area contributed by atoms with E-state index < -0.39 is 4.92 Å². The van der Waals surface area contributed by atoms with Crippen molar-refractivity contribution in [3.63, 3.8) is 0 Å². The summed E-state index contributed by atoms with van der Waals surface area (Å²) in [7, 11) is 2.94. The van der Waals surface area contributed by atoms with E-state index in [2.05, 4.69) is 15.6 Å². The third-order valence-corrected chi connectivity index (χ3v) is 7.53. The normalized spacial score (nSPS) is 16.3. The van der Waals surface area contributed by atoms with Crippen molar-refractivity contribution in [1.29, 1.82) is 0 Å². The fourth-order valence-corrected chi connectivity index (χ4v) is 5.75. The number of carbonyl (C=O) groups is 1. The zero-order valence-corrected chi connectivity index (χ0v) is 24.3. The molecule has 5 rings (SSSR count). The maximum Gasteiger partial charge on any atom is 0.296 e. The molecule has 0 saturated carbocycles. The number of nitrogens with one attached hydrogen (secondary N) is 2. The average molecular weight is 587 g/mol. The summed E-state index contributed by atoms with van der Waals surface area (Å²) in [5.74, 6) is 0.151. The van der Waals surface area contributed by atoms with Crippen LogP contribution in [0, 0.1) is 24.0 Å². The molecule has 2 aromatic carbocycles. The maximum atomic E-state index is 12.1. The summed E-state index contributed by atoms with van der Waals surface area (Å²) in [6, 6.07) is 19.3. The van der Waals surface area contributed by atoms with Crippen molar-refractivity contribution in [1.82, 2.24) is 14.9 Å². The molecule has 1 saturated heterocycles. The molecule has 2 N–H and O–H groups in total. The van der Waals surface area contributed by atoms with Gasteiger partial charge in [-0.05, 0) is 86.2 Å². The molecule has 42 heavy (non-hydrogen) atoms. The first-order valence-corrected chi connectivity index (χ1v) is 13.6. The quantitative estimate of drug-likeness (QED) is 0.155. The van der Waals surface area contributed by atoms with Gasteiger partial charge in [0.2, 0.25) is 5.91 Å². The molecule has 2 aromatic heterocycles. The number of benzene rings is 2. The Morgan fingerprint density at radius 1 is 1.12 bits per heavy atom. The molecular weight excluding hydrogens is 556 g/mol. The average Bonchev–Trinajstić information content (AvgIpc) is 3.48. The fraction of sp³-hybridized carbons (Fsp3) is 0.233. The zero-order valence-electron chi connectivity index (χ0n) is 23.5. The Bertz CT molecular complexity index is 1640. The smallest absolute Gasteiger partial charge is 0.296 e. The highest BCUT2D eigenvalue weighted by atomic mass is 32.1. The standard InChI is InChI=1S/C30H30N6O5S/c1-18-15-23(19(2)34(18)25-13-12-22(41-4)16-26(25)36(38)39)29-28(24-7-5-6-14-31-24)33-30(42)35(29)21-10-8-20(9-11-21)32-27(37)17-40-3/h5-16,28-29H,17H2,1-4H3,(H,32,37)(H,33,42)/t28-,29+/m0/s1. The number of hydrogen-bond acceptors (Lipinski definition) is 7.